The Morgan fingerprint density at radius 3 is 2.56 bits per heavy atom. The van der Waals surface area contributed by atoms with Gasteiger partial charge in [0.15, 0.2) is 5.69 Å². The molecule has 1 aliphatic heterocycles. The number of amides is 1. The highest BCUT2D eigenvalue weighted by Crippen LogP contribution is 2.30. The number of nitrogens with zero attached hydrogens (tertiary/aromatic N) is 4. The Morgan fingerprint density at radius 1 is 1.25 bits per heavy atom. The molecule has 0 saturated carbocycles. The number of piperidine rings is 1. The Hall–Kier alpha value is -2.39. The molecule has 0 bridgehead atoms. The van der Waals surface area contributed by atoms with Crippen molar-refractivity contribution >= 4 is 23.5 Å². The lowest BCUT2D eigenvalue weighted by atomic mass is 10.0. The molecule has 2 heterocycles. The molecule has 1 N–H and O–H groups in total. The zero-order valence-corrected chi connectivity index (χ0v) is 18.9. The van der Waals surface area contributed by atoms with Crippen molar-refractivity contribution in [3.05, 3.63) is 52.3 Å². The summed E-state index contributed by atoms with van der Waals surface area (Å²) in [5, 5.41) is 3.18. The summed E-state index contributed by atoms with van der Waals surface area (Å²) in [6.45, 7) is 7.16. The van der Waals surface area contributed by atoms with E-state index in [0.717, 1.165) is 6.07 Å². The Balaban J connectivity index is 1.56. The summed E-state index contributed by atoms with van der Waals surface area (Å²) in [6, 6.07) is 5.35. The first kappa shape index (κ1) is 24.3. The minimum absolute atomic E-state index is 0.0526. The molecule has 0 atom stereocenters. The standard InChI is InChI=1S/C22H27ClF3N5O/c1-3-31(4-2)21-27-13-18(23)19(29-21)20(32)28-17-8-10-30(11-9-17)14-15-6-5-7-16(12-15)22(24,25)26/h5-7,12-13,17H,3-4,8-11,14H2,1-2H3,(H,28,32). The van der Waals surface area contributed by atoms with Gasteiger partial charge in [0.25, 0.3) is 5.91 Å². The molecule has 10 heteroatoms. The number of anilines is 1. The maximum atomic E-state index is 12.9. The lowest BCUT2D eigenvalue weighted by Gasteiger charge is -2.32. The third-order valence-corrected chi connectivity index (χ3v) is 5.85. The fourth-order valence-electron chi connectivity index (χ4n) is 3.77. The summed E-state index contributed by atoms with van der Waals surface area (Å²) in [4.78, 5) is 25.3. The van der Waals surface area contributed by atoms with E-state index in [2.05, 4.69) is 20.2 Å². The second kappa shape index (κ2) is 10.5. The molecule has 1 aromatic carbocycles. The molecule has 3 rings (SSSR count). The zero-order valence-electron chi connectivity index (χ0n) is 18.1. The van der Waals surface area contributed by atoms with Crippen molar-refractivity contribution < 1.29 is 18.0 Å². The van der Waals surface area contributed by atoms with Gasteiger partial charge in [-0.05, 0) is 38.3 Å². The van der Waals surface area contributed by atoms with Crippen molar-refractivity contribution in [1.29, 1.82) is 0 Å². The summed E-state index contributed by atoms with van der Waals surface area (Å²) >= 11 is 6.17. The van der Waals surface area contributed by atoms with Crippen LogP contribution in [-0.2, 0) is 12.7 Å². The highest BCUT2D eigenvalue weighted by molar-refractivity contribution is 6.33. The van der Waals surface area contributed by atoms with Crippen LogP contribution in [0.4, 0.5) is 19.1 Å². The third-order valence-electron chi connectivity index (χ3n) is 5.58. The summed E-state index contributed by atoms with van der Waals surface area (Å²) in [5.41, 5.74) is 0.136. The van der Waals surface area contributed by atoms with E-state index in [1.807, 2.05) is 18.7 Å². The predicted molar refractivity (Wildman–Crippen MR) is 118 cm³/mol. The van der Waals surface area contributed by atoms with Gasteiger partial charge in [0.2, 0.25) is 5.95 Å². The third kappa shape index (κ3) is 6.10. The molecule has 6 nitrogen and oxygen atoms in total. The summed E-state index contributed by atoms with van der Waals surface area (Å²) in [7, 11) is 0. The van der Waals surface area contributed by atoms with E-state index >= 15 is 0 Å². The van der Waals surface area contributed by atoms with Gasteiger partial charge in [-0.3, -0.25) is 9.69 Å². The Kier molecular flexibility index (Phi) is 7.95. The Bertz CT molecular complexity index is 928. The Morgan fingerprint density at radius 2 is 1.94 bits per heavy atom. The fourth-order valence-corrected chi connectivity index (χ4v) is 3.95. The number of hydrogen-bond donors (Lipinski definition) is 1. The molecule has 0 aliphatic carbocycles. The van der Waals surface area contributed by atoms with E-state index in [4.69, 9.17) is 11.6 Å². The fraction of sp³-hybridized carbons (Fsp3) is 0.500. The lowest BCUT2D eigenvalue weighted by Crippen LogP contribution is -2.44. The van der Waals surface area contributed by atoms with Crippen molar-refractivity contribution in [1.82, 2.24) is 20.2 Å². The molecule has 0 unspecified atom stereocenters. The number of halogens is 4. The first-order valence-electron chi connectivity index (χ1n) is 10.7. The van der Waals surface area contributed by atoms with Crippen molar-refractivity contribution in [2.24, 2.45) is 0 Å². The van der Waals surface area contributed by atoms with Crippen LogP contribution < -0.4 is 10.2 Å². The molecular weight excluding hydrogens is 443 g/mol. The Labute approximate surface area is 190 Å². The molecule has 0 radical (unpaired) electrons. The van der Waals surface area contributed by atoms with Crippen LogP contribution >= 0.6 is 11.6 Å². The van der Waals surface area contributed by atoms with E-state index in [1.54, 1.807) is 6.07 Å². The maximum Gasteiger partial charge on any atom is 0.416 e. The largest absolute Gasteiger partial charge is 0.416 e. The van der Waals surface area contributed by atoms with Crippen LogP contribution in [0.5, 0.6) is 0 Å². The SMILES string of the molecule is CCN(CC)c1ncc(Cl)c(C(=O)NC2CCN(Cc3cccc(C(F)(F)F)c3)CC2)n1. The molecule has 174 valence electrons. The van der Waals surface area contributed by atoms with Crippen molar-refractivity contribution in [3.63, 3.8) is 0 Å². The van der Waals surface area contributed by atoms with Gasteiger partial charge in [-0.1, -0.05) is 29.8 Å². The smallest absolute Gasteiger partial charge is 0.348 e. The number of hydrogen-bond acceptors (Lipinski definition) is 5. The summed E-state index contributed by atoms with van der Waals surface area (Å²) < 4.78 is 38.8. The summed E-state index contributed by atoms with van der Waals surface area (Å²) in [5.74, 6) is 0.114. The highest BCUT2D eigenvalue weighted by Gasteiger charge is 2.30. The number of rotatable bonds is 7. The maximum absolute atomic E-state index is 12.9. The van der Waals surface area contributed by atoms with Gasteiger partial charge >= 0.3 is 6.18 Å². The zero-order chi connectivity index (χ0) is 23.3. The van der Waals surface area contributed by atoms with Gasteiger partial charge in [-0.25, -0.2) is 9.97 Å². The van der Waals surface area contributed by atoms with Crippen LogP contribution in [0.1, 0.15) is 48.3 Å². The van der Waals surface area contributed by atoms with E-state index in [1.165, 1.54) is 18.3 Å². The lowest BCUT2D eigenvalue weighted by molar-refractivity contribution is -0.137. The van der Waals surface area contributed by atoms with Gasteiger partial charge in [-0.15, -0.1) is 0 Å². The normalized spacial score (nSPS) is 15.6. The molecule has 32 heavy (non-hydrogen) atoms. The number of carbonyl (C=O) groups is 1. The number of aromatic nitrogens is 2. The molecular formula is C22H27ClF3N5O. The predicted octanol–water partition coefficient (Wildman–Crippen LogP) is 4.39. The number of alkyl halides is 3. The molecule has 0 spiro atoms. The van der Waals surface area contributed by atoms with Crippen LogP contribution in [0.2, 0.25) is 5.02 Å². The van der Waals surface area contributed by atoms with Crippen LogP contribution in [0.3, 0.4) is 0 Å². The molecule has 2 aromatic rings. The molecule has 1 saturated heterocycles. The number of benzene rings is 1. The second-order valence-corrected chi connectivity index (χ2v) is 8.17. The van der Waals surface area contributed by atoms with Crippen molar-refractivity contribution in [3.8, 4) is 0 Å². The molecule has 1 fully saturated rings. The van der Waals surface area contributed by atoms with Crippen LogP contribution in [-0.4, -0.2) is 53.0 Å². The van der Waals surface area contributed by atoms with E-state index in [-0.39, 0.29) is 22.7 Å². The van der Waals surface area contributed by atoms with E-state index in [0.29, 0.717) is 57.1 Å². The van der Waals surface area contributed by atoms with Gasteiger partial charge in [-0.2, -0.15) is 13.2 Å². The minimum atomic E-state index is -4.35. The average molecular weight is 470 g/mol. The van der Waals surface area contributed by atoms with Gasteiger partial charge in [0.1, 0.15) is 0 Å². The van der Waals surface area contributed by atoms with Crippen LogP contribution in [0, 0.1) is 0 Å². The van der Waals surface area contributed by atoms with Crippen molar-refractivity contribution in [2.45, 2.75) is 45.5 Å². The second-order valence-electron chi connectivity index (χ2n) is 7.76. The van der Waals surface area contributed by atoms with Gasteiger partial charge in [0, 0.05) is 38.8 Å². The number of nitrogens with one attached hydrogen (secondary N) is 1. The first-order valence-corrected chi connectivity index (χ1v) is 11.1. The van der Waals surface area contributed by atoms with Crippen LogP contribution in [0.15, 0.2) is 30.5 Å². The quantitative estimate of drug-likeness (QED) is 0.651. The average Bonchev–Trinajstić information content (AvgIpc) is 2.76. The minimum Gasteiger partial charge on any atom is -0.348 e. The summed E-state index contributed by atoms with van der Waals surface area (Å²) in [6.07, 6.45) is -1.53. The van der Waals surface area contributed by atoms with Gasteiger partial charge < -0.3 is 10.2 Å². The molecule has 1 aromatic heterocycles. The molecule has 1 aliphatic rings. The topological polar surface area (TPSA) is 61.4 Å². The van der Waals surface area contributed by atoms with E-state index in [9.17, 15) is 18.0 Å². The first-order chi connectivity index (χ1) is 15.2. The van der Waals surface area contributed by atoms with Crippen molar-refractivity contribution in [2.75, 3.05) is 31.1 Å². The van der Waals surface area contributed by atoms with E-state index < -0.39 is 11.7 Å². The number of likely N-dealkylation sites (tertiary alicyclic amines) is 1. The van der Waals surface area contributed by atoms with Gasteiger partial charge in [0.05, 0.1) is 16.8 Å². The highest BCUT2D eigenvalue weighted by atomic mass is 35.5. The van der Waals surface area contributed by atoms with Crippen LogP contribution in [0.25, 0.3) is 0 Å². The molecule has 1 amide bonds. The number of carbonyl (C=O) groups excluding carboxylic acids is 1. The monoisotopic (exact) mass is 469 g/mol.